The van der Waals surface area contributed by atoms with Gasteiger partial charge >= 0.3 is 0 Å². The first-order valence-electron chi connectivity index (χ1n) is 4.88. The second-order valence-corrected chi connectivity index (χ2v) is 4.74. The van der Waals surface area contributed by atoms with Crippen molar-refractivity contribution in [2.45, 2.75) is 19.4 Å². The lowest BCUT2D eigenvalue weighted by molar-refractivity contribution is 0.0367. The number of aliphatic hydroxyl groups is 1. The van der Waals surface area contributed by atoms with Crippen LogP contribution in [-0.4, -0.2) is 40.1 Å². The number of hydrogen-bond donors (Lipinski definition) is 1. The zero-order valence-electron chi connectivity index (χ0n) is 9.57. The summed E-state index contributed by atoms with van der Waals surface area (Å²) < 4.78 is 0. The van der Waals surface area contributed by atoms with E-state index in [4.69, 9.17) is 11.6 Å². The van der Waals surface area contributed by atoms with Gasteiger partial charge in [-0.2, -0.15) is 0 Å². The van der Waals surface area contributed by atoms with Crippen LogP contribution < -0.4 is 0 Å². The van der Waals surface area contributed by atoms with E-state index in [1.165, 1.54) is 17.3 Å². The number of aromatic nitrogens is 1. The number of halogens is 1. The topological polar surface area (TPSA) is 53.4 Å². The Labute approximate surface area is 99.9 Å². The molecule has 16 heavy (non-hydrogen) atoms. The molecular formula is C11H15ClN2O2. The summed E-state index contributed by atoms with van der Waals surface area (Å²) in [6, 6.07) is 1.56. The molecule has 0 fully saturated rings. The molecule has 0 saturated carbocycles. The highest BCUT2D eigenvalue weighted by atomic mass is 35.5. The van der Waals surface area contributed by atoms with Crippen LogP contribution in [0.25, 0.3) is 0 Å². The fraction of sp³-hybridized carbons (Fsp3) is 0.455. The molecular weight excluding hydrogens is 228 g/mol. The Morgan fingerprint density at radius 2 is 2.25 bits per heavy atom. The van der Waals surface area contributed by atoms with E-state index in [1.54, 1.807) is 27.0 Å². The standard InChI is InChI=1S/C11H15ClN2O2/c1-11(2,16)7-14(3)10(15)8-6-13-5-4-9(8)12/h4-6,16H,7H2,1-3H3. The summed E-state index contributed by atoms with van der Waals surface area (Å²) in [6.07, 6.45) is 2.95. The van der Waals surface area contributed by atoms with Crippen molar-refractivity contribution >= 4 is 17.5 Å². The Kier molecular flexibility index (Phi) is 3.88. The Morgan fingerprint density at radius 3 is 2.75 bits per heavy atom. The number of hydrogen-bond acceptors (Lipinski definition) is 3. The van der Waals surface area contributed by atoms with Crippen molar-refractivity contribution in [3.8, 4) is 0 Å². The molecule has 0 aliphatic carbocycles. The van der Waals surface area contributed by atoms with Gasteiger partial charge in [-0.25, -0.2) is 0 Å². The molecule has 1 N–H and O–H groups in total. The van der Waals surface area contributed by atoms with Crippen LogP contribution in [0.4, 0.5) is 0 Å². The van der Waals surface area contributed by atoms with E-state index < -0.39 is 5.60 Å². The summed E-state index contributed by atoms with van der Waals surface area (Å²) in [7, 11) is 1.61. The van der Waals surface area contributed by atoms with Crippen LogP contribution in [-0.2, 0) is 0 Å². The maximum absolute atomic E-state index is 11.9. The van der Waals surface area contributed by atoms with Crippen LogP contribution in [0, 0.1) is 0 Å². The summed E-state index contributed by atoms with van der Waals surface area (Å²) >= 11 is 5.88. The smallest absolute Gasteiger partial charge is 0.256 e. The number of amides is 1. The molecule has 0 saturated heterocycles. The van der Waals surface area contributed by atoms with Gasteiger partial charge in [-0.3, -0.25) is 9.78 Å². The van der Waals surface area contributed by atoms with Gasteiger partial charge in [-0.1, -0.05) is 11.6 Å². The Bertz CT molecular complexity index is 388. The Hall–Kier alpha value is -1.13. The van der Waals surface area contributed by atoms with Crippen LogP contribution in [0.3, 0.4) is 0 Å². The van der Waals surface area contributed by atoms with Crippen LogP contribution in [0.1, 0.15) is 24.2 Å². The molecule has 1 rings (SSSR count). The lowest BCUT2D eigenvalue weighted by Gasteiger charge is -2.25. The third kappa shape index (κ3) is 3.47. The minimum absolute atomic E-state index is 0.233. The summed E-state index contributed by atoms with van der Waals surface area (Å²) in [4.78, 5) is 17.2. The predicted molar refractivity (Wildman–Crippen MR) is 62.5 cm³/mol. The average Bonchev–Trinajstić information content (AvgIpc) is 2.15. The number of nitrogens with zero attached hydrogens (tertiary/aromatic N) is 2. The molecule has 5 heteroatoms. The van der Waals surface area contributed by atoms with Crippen molar-refractivity contribution in [1.29, 1.82) is 0 Å². The van der Waals surface area contributed by atoms with E-state index in [0.29, 0.717) is 10.6 Å². The molecule has 1 amide bonds. The van der Waals surface area contributed by atoms with Crippen molar-refractivity contribution in [1.82, 2.24) is 9.88 Å². The molecule has 1 heterocycles. The van der Waals surface area contributed by atoms with Gasteiger partial charge < -0.3 is 10.0 Å². The molecule has 0 radical (unpaired) electrons. The number of carbonyl (C=O) groups excluding carboxylic acids is 1. The van der Waals surface area contributed by atoms with E-state index in [2.05, 4.69) is 4.98 Å². The van der Waals surface area contributed by atoms with Gasteiger partial charge in [0.25, 0.3) is 5.91 Å². The van der Waals surface area contributed by atoms with Crippen molar-refractivity contribution in [2.24, 2.45) is 0 Å². The molecule has 0 unspecified atom stereocenters. The Morgan fingerprint density at radius 1 is 1.62 bits per heavy atom. The van der Waals surface area contributed by atoms with Gasteiger partial charge in [0.2, 0.25) is 0 Å². The summed E-state index contributed by atoms with van der Waals surface area (Å²) in [6.45, 7) is 3.51. The van der Waals surface area contributed by atoms with Gasteiger partial charge in [0.1, 0.15) is 0 Å². The fourth-order valence-electron chi connectivity index (χ4n) is 1.39. The largest absolute Gasteiger partial charge is 0.389 e. The number of carbonyl (C=O) groups is 1. The first-order chi connectivity index (χ1) is 7.31. The van der Waals surface area contributed by atoms with E-state index in [9.17, 15) is 9.90 Å². The molecule has 0 spiro atoms. The van der Waals surface area contributed by atoms with Crippen molar-refractivity contribution < 1.29 is 9.90 Å². The minimum Gasteiger partial charge on any atom is -0.389 e. The summed E-state index contributed by atoms with van der Waals surface area (Å²) in [5.41, 5.74) is -0.588. The molecule has 0 aliphatic rings. The first kappa shape index (κ1) is 12.9. The highest BCUT2D eigenvalue weighted by Gasteiger charge is 2.21. The average molecular weight is 243 g/mol. The van der Waals surface area contributed by atoms with Crippen molar-refractivity contribution in [3.63, 3.8) is 0 Å². The number of pyridine rings is 1. The molecule has 1 aromatic rings. The van der Waals surface area contributed by atoms with E-state index >= 15 is 0 Å². The second-order valence-electron chi connectivity index (χ2n) is 4.33. The zero-order valence-corrected chi connectivity index (χ0v) is 10.3. The second kappa shape index (κ2) is 4.80. The molecule has 0 atom stereocenters. The fourth-order valence-corrected chi connectivity index (χ4v) is 1.58. The molecule has 1 aromatic heterocycles. The van der Waals surface area contributed by atoms with Crippen molar-refractivity contribution in [2.75, 3.05) is 13.6 Å². The van der Waals surface area contributed by atoms with Gasteiger partial charge in [-0.05, 0) is 19.9 Å². The molecule has 4 nitrogen and oxygen atoms in total. The third-order valence-electron chi connectivity index (χ3n) is 1.97. The van der Waals surface area contributed by atoms with Crippen LogP contribution >= 0.6 is 11.6 Å². The maximum Gasteiger partial charge on any atom is 0.256 e. The van der Waals surface area contributed by atoms with Crippen LogP contribution in [0.5, 0.6) is 0 Å². The predicted octanol–water partition coefficient (Wildman–Crippen LogP) is 1.58. The molecule has 0 bridgehead atoms. The molecule has 0 aliphatic heterocycles. The van der Waals surface area contributed by atoms with Gasteiger partial charge in [0.15, 0.2) is 0 Å². The lowest BCUT2D eigenvalue weighted by Crippen LogP contribution is -2.39. The maximum atomic E-state index is 11.9. The van der Waals surface area contributed by atoms with Gasteiger partial charge in [0, 0.05) is 26.0 Å². The third-order valence-corrected chi connectivity index (χ3v) is 2.30. The first-order valence-corrected chi connectivity index (χ1v) is 5.26. The molecule has 88 valence electrons. The highest BCUT2D eigenvalue weighted by Crippen LogP contribution is 2.16. The number of likely N-dealkylation sites (N-methyl/N-ethyl adjacent to an activating group) is 1. The summed E-state index contributed by atoms with van der Waals surface area (Å²) in [5.74, 6) is -0.250. The van der Waals surface area contributed by atoms with E-state index in [0.717, 1.165) is 0 Å². The van der Waals surface area contributed by atoms with Gasteiger partial charge in [0.05, 0.1) is 16.2 Å². The highest BCUT2D eigenvalue weighted by molar-refractivity contribution is 6.33. The number of rotatable bonds is 3. The lowest BCUT2D eigenvalue weighted by atomic mass is 10.1. The van der Waals surface area contributed by atoms with Crippen LogP contribution in [0.15, 0.2) is 18.5 Å². The van der Waals surface area contributed by atoms with E-state index in [1.807, 2.05) is 0 Å². The minimum atomic E-state index is -0.931. The van der Waals surface area contributed by atoms with Gasteiger partial charge in [-0.15, -0.1) is 0 Å². The normalized spacial score (nSPS) is 11.3. The summed E-state index contributed by atoms with van der Waals surface area (Å²) in [5, 5.41) is 9.97. The Balaban J connectivity index is 2.83. The van der Waals surface area contributed by atoms with E-state index in [-0.39, 0.29) is 12.5 Å². The van der Waals surface area contributed by atoms with Crippen LogP contribution in [0.2, 0.25) is 5.02 Å². The molecule has 0 aromatic carbocycles. The SMILES string of the molecule is CN(CC(C)(C)O)C(=O)c1cnccc1Cl. The van der Waals surface area contributed by atoms with Crippen molar-refractivity contribution in [3.05, 3.63) is 29.0 Å². The quantitative estimate of drug-likeness (QED) is 0.876. The monoisotopic (exact) mass is 242 g/mol. The zero-order chi connectivity index (χ0) is 12.3.